The van der Waals surface area contributed by atoms with Crippen LogP contribution < -0.4 is 5.32 Å². The van der Waals surface area contributed by atoms with Crippen molar-refractivity contribution in [3.8, 4) is 0 Å². The zero-order valence-corrected chi connectivity index (χ0v) is 10.8. The van der Waals surface area contributed by atoms with Crippen molar-refractivity contribution >= 4 is 10.1 Å². The summed E-state index contributed by atoms with van der Waals surface area (Å²) in [6, 6.07) is 10.4. The van der Waals surface area contributed by atoms with Gasteiger partial charge in [-0.3, -0.25) is 4.55 Å². The first-order valence-electron chi connectivity index (χ1n) is 5.70. The van der Waals surface area contributed by atoms with Crippen LogP contribution >= 0.6 is 0 Å². The van der Waals surface area contributed by atoms with Crippen molar-refractivity contribution < 1.29 is 13.0 Å². The van der Waals surface area contributed by atoms with Crippen molar-refractivity contribution in [2.75, 3.05) is 12.3 Å². The predicted molar refractivity (Wildman–Crippen MR) is 68.6 cm³/mol. The molecule has 1 rings (SSSR count). The number of nitrogens with one attached hydrogen (secondary N) is 1. The van der Waals surface area contributed by atoms with Gasteiger partial charge >= 0.3 is 0 Å². The molecule has 1 atom stereocenters. The molecule has 1 aromatic carbocycles. The van der Waals surface area contributed by atoms with Crippen LogP contribution in [0.2, 0.25) is 0 Å². The summed E-state index contributed by atoms with van der Waals surface area (Å²) in [4.78, 5) is 0. The van der Waals surface area contributed by atoms with E-state index in [0.29, 0.717) is 19.0 Å². The third-order valence-corrected chi connectivity index (χ3v) is 3.26. The second kappa shape index (κ2) is 6.74. The van der Waals surface area contributed by atoms with Gasteiger partial charge in [-0.25, -0.2) is 0 Å². The molecule has 0 aliphatic heterocycles. The Morgan fingerprint density at radius 3 is 2.53 bits per heavy atom. The second-order valence-electron chi connectivity index (χ2n) is 4.18. The number of hydrogen-bond acceptors (Lipinski definition) is 3. The fourth-order valence-corrected chi connectivity index (χ4v) is 2.15. The molecule has 0 aliphatic carbocycles. The highest BCUT2D eigenvalue weighted by atomic mass is 32.2. The molecule has 0 radical (unpaired) electrons. The summed E-state index contributed by atoms with van der Waals surface area (Å²) in [6.07, 6.45) is 1.34. The number of hydrogen-bond donors (Lipinski definition) is 2. The van der Waals surface area contributed by atoms with Crippen LogP contribution in [0.3, 0.4) is 0 Å². The minimum Gasteiger partial charge on any atom is -0.314 e. The summed E-state index contributed by atoms with van der Waals surface area (Å²) >= 11 is 0. The van der Waals surface area contributed by atoms with Crippen LogP contribution in [0.1, 0.15) is 18.9 Å². The van der Waals surface area contributed by atoms with Gasteiger partial charge in [0.2, 0.25) is 0 Å². The van der Waals surface area contributed by atoms with Crippen molar-refractivity contribution in [1.82, 2.24) is 5.32 Å². The van der Waals surface area contributed by atoms with Crippen LogP contribution in [-0.4, -0.2) is 31.3 Å². The van der Waals surface area contributed by atoms with Crippen LogP contribution in [-0.2, 0) is 16.5 Å². The first-order valence-corrected chi connectivity index (χ1v) is 7.31. The zero-order chi connectivity index (χ0) is 12.7. The lowest BCUT2D eigenvalue weighted by atomic mass is 10.1. The lowest BCUT2D eigenvalue weighted by molar-refractivity contribution is 0.476. The van der Waals surface area contributed by atoms with E-state index >= 15 is 0 Å². The molecule has 5 heteroatoms. The van der Waals surface area contributed by atoms with Gasteiger partial charge in [-0.15, -0.1) is 0 Å². The molecule has 0 heterocycles. The van der Waals surface area contributed by atoms with E-state index in [-0.39, 0.29) is 5.75 Å². The molecule has 0 saturated heterocycles. The summed E-state index contributed by atoms with van der Waals surface area (Å²) in [5.74, 6) is -0.182. The van der Waals surface area contributed by atoms with Crippen molar-refractivity contribution in [1.29, 1.82) is 0 Å². The Balaban J connectivity index is 2.20. The second-order valence-corrected chi connectivity index (χ2v) is 5.76. The smallest absolute Gasteiger partial charge is 0.264 e. The first kappa shape index (κ1) is 14.2. The summed E-state index contributed by atoms with van der Waals surface area (Å²) in [6.45, 7) is 2.65. The van der Waals surface area contributed by atoms with Gasteiger partial charge in [0.05, 0.1) is 5.75 Å². The van der Waals surface area contributed by atoms with E-state index in [9.17, 15) is 8.42 Å². The van der Waals surface area contributed by atoms with E-state index < -0.39 is 10.1 Å². The highest BCUT2D eigenvalue weighted by Crippen LogP contribution is 2.02. The molecule has 0 aliphatic rings. The molecule has 4 nitrogen and oxygen atoms in total. The Bertz CT molecular complexity index is 417. The highest BCUT2D eigenvalue weighted by Gasteiger charge is 2.05. The average molecular weight is 257 g/mol. The maximum atomic E-state index is 10.5. The quantitative estimate of drug-likeness (QED) is 0.573. The molecule has 17 heavy (non-hydrogen) atoms. The van der Waals surface area contributed by atoms with Crippen molar-refractivity contribution in [3.63, 3.8) is 0 Å². The average Bonchev–Trinajstić information content (AvgIpc) is 2.25. The Hall–Kier alpha value is -0.910. The van der Waals surface area contributed by atoms with Gasteiger partial charge in [-0.2, -0.15) is 8.42 Å². The van der Waals surface area contributed by atoms with Gasteiger partial charge in [-0.1, -0.05) is 30.3 Å². The lowest BCUT2D eigenvalue weighted by Crippen LogP contribution is -2.29. The Morgan fingerprint density at radius 1 is 1.29 bits per heavy atom. The predicted octanol–water partition coefficient (Wildman–Crippen LogP) is 1.49. The van der Waals surface area contributed by atoms with Crippen LogP contribution in [0, 0.1) is 0 Å². The van der Waals surface area contributed by atoms with Crippen LogP contribution in [0.15, 0.2) is 30.3 Å². The summed E-state index contributed by atoms with van der Waals surface area (Å²) in [7, 11) is -3.82. The standard InChI is InChI=1S/C12H19NO3S/c1-11(10-12-6-3-2-4-7-12)13-8-5-9-17(14,15)16/h2-4,6-7,11,13H,5,8-10H2,1H3,(H,14,15,16)/t11-/m1/s1. The van der Waals surface area contributed by atoms with Crippen molar-refractivity contribution in [2.45, 2.75) is 25.8 Å². The largest absolute Gasteiger partial charge is 0.314 e. The van der Waals surface area contributed by atoms with E-state index in [1.165, 1.54) is 5.56 Å². The molecule has 0 spiro atoms. The van der Waals surface area contributed by atoms with Crippen LogP contribution in [0.4, 0.5) is 0 Å². The molecule has 2 N–H and O–H groups in total. The molecular formula is C12H19NO3S. The molecule has 0 fully saturated rings. The monoisotopic (exact) mass is 257 g/mol. The summed E-state index contributed by atoms with van der Waals surface area (Å²) < 4.78 is 29.6. The number of rotatable bonds is 7. The van der Waals surface area contributed by atoms with Crippen LogP contribution in [0.25, 0.3) is 0 Å². The minimum atomic E-state index is -3.82. The molecule has 1 aromatic rings. The summed E-state index contributed by atoms with van der Waals surface area (Å²) in [5.41, 5.74) is 1.25. The molecule has 0 aromatic heterocycles. The number of benzene rings is 1. The van der Waals surface area contributed by atoms with E-state index in [0.717, 1.165) is 6.42 Å². The summed E-state index contributed by atoms with van der Waals surface area (Å²) in [5, 5.41) is 3.23. The molecule has 0 unspecified atom stereocenters. The maximum absolute atomic E-state index is 10.5. The normalized spacial score (nSPS) is 13.5. The Labute approximate surface area is 103 Å². The Morgan fingerprint density at radius 2 is 1.94 bits per heavy atom. The van der Waals surface area contributed by atoms with Gasteiger partial charge in [0.1, 0.15) is 0 Å². The van der Waals surface area contributed by atoms with E-state index in [2.05, 4.69) is 24.4 Å². The minimum absolute atomic E-state index is 0.182. The fourth-order valence-electron chi connectivity index (χ4n) is 1.64. The van der Waals surface area contributed by atoms with Crippen LogP contribution in [0.5, 0.6) is 0 Å². The van der Waals surface area contributed by atoms with E-state index in [1.807, 2.05) is 18.2 Å². The van der Waals surface area contributed by atoms with Gasteiger partial charge < -0.3 is 5.32 Å². The maximum Gasteiger partial charge on any atom is 0.264 e. The van der Waals surface area contributed by atoms with Gasteiger partial charge in [0.15, 0.2) is 0 Å². The topological polar surface area (TPSA) is 66.4 Å². The van der Waals surface area contributed by atoms with Crippen molar-refractivity contribution in [3.05, 3.63) is 35.9 Å². The van der Waals surface area contributed by atoms with Gasteiger partial charge in [0, 0.05) is 6.04 Å². The fraction of sp³-hybridized carbons (Fsp3) is 0.500. The molecule has 96 valence electrons. The van der Waals surface area contributed by atoms with Crippen molar-refractivity contribution in [2.24, 2.45) is 0 Å². The third-order valence-electron chi connectivity index (χ3n) is 2.46. The third kappa shape index (κ3) is 7.10. The van der Waals surface area contributed by atoms with Gasteiger partial charge in [0.25, 0.3) is 10.1 Å². The molecular weight excluding hydrogens is 238 g/mol. The lowest BCUT2D eigenvalue weighted by Gasteiger charge is -2.13. The first-order chi connectivity index (χ1) is 7.97. The zero-order valence-electron chi connectivity index (χ0n) is 9.96. The molecule has 0 bridgehead atoms. The van der Waals surface area contributed by atoms with E-state index in [4.69, 9.17) is 4.55 Å². The SMILES string of the molecule is C[C@H](Cc1ccccc1)NCCCS(=O)(=O)O. The highest BCUT2D eigenvalue weighted by molar-refractivity contribution is 7.85. The Kier molecular flexibility index (Phi) is 5.61. The molecule has 0 amide bonds. The molecule has 0 saturated carbocycles. The van der Waals surface area contributed by atoms with E-state index in [1.54, 1.807) is 0 Å². The van der Waals surface area contributed by atoms with Gasteiger partial charge in [-0.05, 0) is 31.9 Å².